The first-order chi connectivity index (χ1) is 16.7. The molecule has 7 rings (SSSR count). The molecule has 0 aliphatic carbocycles. The third kappa shape index (κ3) is 2.38. The van der Waals surface area contributed by atoms with Gasteiger partial charge in [0.1, 0.15) is 5.54 Å². The number of nitrogens with one attached hydrogen (secondary N) is 1. The smallest absolute Gasteiger partial charge is 0.418 e. The van der Waals surface area contributed by atoms with Gasteiger partial charge >= 0.3 is 6.18 Å². The monoisotopic (exact) mass is 485 g/mol. The fourth-order valence-electron chi connectivity index (χ4n) is 6.75. The summed E-state index contributed by atoms with van der Waals surface area (Å²) >= 11 is 0. The second kappa shape index (κ2) is 6.54. The summed E-state index contributed by atoms with van der Waals surface area (Å²) in [6, 6.07) is 7.88. The number of benzene rings is 2. The van der Waals surface area contributed by atoms with Crippen LogP contribution < -0.4 is 19.7 Å². The van der Waals surface area contributed by atoms with Crippen LogP contribution in [0.5, 0.6) is 11.5 Å². The van der Waals surface area contributed by atoms with E-state index in [0.29, 0.717) is 30.9 Å². The summed E-state index contributed by atoms with van der Waals surface area (Å²) < 4.78 is 52.1. The average molecular weight is 485 g/mol. The van der Waals surface area contributed by atoms with Crippen molar-refractivity contribution in [3.63, 3.8) is 0 Å². The predicted molar refractivity (Wildman–Crippen MR) is 114 cm³/mol. The lowest BCUT2D eigenvalue weighted by molar-refractivity contribution is -0.137. The maximum absolute atomic E-state index is 13.9. The van der Waals surface area contributed by atoms with Crippen molar-refractivity contribution in [1.29, 1.82) is 0 Å². The number of fused-ring (bicyclic) bond motifs is 8. The Hall–Kier alpha value is -3.60. The van der Waals surface area contributed by atoms with E-state index in [9.17, 15) is 27.6 Å². The van der Waals surface area contributed by atoms with Crippen LogP contribution in [-0.4, -0.2) is 42.0 Å². The highest BCUT2D eigenvalue weighted by Gasteiger charge is 2.75. The zero-order valence-electron chi connectivity index (χ0n) is 18.1. The van der Waals surface area contributed by atoms with E-state index in [-0.39, 0.29) is 23.7 Å². The first-order valence-corrected chi connectivity index (χ1v) is 11.3. The number of rotatable bonds is 1. The summed E-state index contributed by atoms with van der Waals surface area (Å²) in [6.45, 7) is 0.427. The molecule has 5 heterocycles. The molecule has 2 aromatic carbocycles. The second-order valence-electron chi connectivity index (χ2n) is 9.40. The highest BCUT2D eigenvalue weighted by atomic mass is 19.4. The Kier molecular flexibility index (Phi) is 3.87. The molecule has 1 spiro atoms. The lowest BCUT2D eigenvalue weighted by atomic mass is 9.75. The van der Waals surface area contributed by atoms with Crippen molar-refractivity contribution in [2.24, 2.45) is 11.8 Å². The molecule has 5 aliphatic heterocycles. The van der Waals surface area contributed by atoms with Crippen LogP contribution in [0.15, 0.2) is 36.4 Å². The standard InChI is InChI=1S/C24H18F3N3O5/c25-24(26,27)13-4-1-3-12-19(13)28-22(33)23(12)18-17(14-5-2-8-29(14)23)20(31)30(21(18)32)11-6-7-15-16(9-11)35-10-34-15/h1,3-4,6-7,9,14,17-18H,2,5,8,10H2,(H,28,33)/t14-,17-,18-,23-/m1/s1. The van der Waals surface area contributed by atoms with Crippen molar-refractivity contribution in [3.05, 3.63) is 47.5 Å². The van der Waals surface area contributed by atoms with Crippen molar-refractivity contribution in [3.8, 4) is 11.5 Å². The molecule has 5 aliphatic rings. The third-order valence-electron chi connectivity index (χ3n) is 7.95. The minimum atomic E-state index is -4.69. The largest absolute Gasteiger partial charge is 0.454 e. The summed E-state index contributed by atoms with van der Waals surface area (Å²) in [5, 5.41) is 2.44. The fraction of sp³-hybridized carbons (Fsp3) is 0.375. The quantitative estimate of drug-likeness (QED) is 0.626. The molecule has 0 unspecified atom stereocenters. The SMILES string of the molecule is O=C1[C@@H]2[C@H]3CCCN3[C@@]3(C(=O)Nc4c(C(F)(F)F)cccc43)[C@H]2C(=O)N1c1ccc2c(c1)OCO2. The van der Waals surface area contributed by atoms with Crippen molar-refractivity contribution in [2.45, 2.75) is 30.6 Å². The first-order valence-electron chi connectivity index (χ1n) is 11.3. The van der Waals surface area contributed by atoms with Crippen LogP contribution in [0.3, 0.4) is 0 Å². The minimum absolute atomic E-state index is 0.0184. The first kappa shape index (κ1) is 20.7. The summed E-state index contributed by atoms with van der Waals surface area (Å²) in [5.41, 5.74) is -2.60. The van der Waals surface area contributed by atoms with Gasteiger partial charge in [0, 0.05) is 17.7 Å². The molecule has 8 nitrogen and oxygen atoms in total. The number of nitrogens with zero attached hydrogens (tertiary/aromatic N) is 2. The summed E-state index contributed by atoms with van der Waals surface area (Å²) in [7, 11) is 0. The Morgan fingerprint density at radius 3 is 2.63 bits per heavy atom. The van der Waals surface area contributed by atoms with Gasteiger partial charge in [-0.1, -0.05) is 12.1 Å². The van der Waals surface area contributed by atoms with Gasteiger partial charge in [0.05, 0.1) is 28.8 Å². The molecule has 0 radical (unpaired) electrons. The van der Waals surface area contributed by atoms with Crippen LogP contribution in [0.25, 0.3) is 0 Å². The highest BCUT2D eigenvalue weighted by Crippen LogP contribution is 2.61. The predicted octanol–water partition coefficient (Wildman–Crippen LogP) is 2.87. The van der Waals surface area contributed by atoms with E-state index in [2.05, 4.69) is 5.32 Å². The fourth-order valence-corrected chi connectivity index (χ4v) is 6.75. The van der Waals surface area contributed by atoms with Gasteiger partial charge in [0.25, 0.3) is 0 Å². The molecule has 0 saturated carbocycles. The number of hydrogen-bond acceptors (Lipinski definition) is 6. The number of imide groups is 1. The van der Waals surface area contributed by atoms with Crippen LogP contribution in [0.1, 0.15) is 24.0 Å². The summed E-state index contributed by atoms with van der Waals surface area (Å²) in [5.74, 6) is -2.88. The van der Waals surface area contributed by atoms with Gasteiger partial charge in [-0.25, -0.2) is 4.90 Å². The molecular weight excluding hydrogens is 467 g/mol. The number of hydrogen-bond donors (Lipinski definition) is 1. The van der Waals surface area contributed by atoms with Gasteiger partial charge in [0.15, 0.2) is 11.5 Å². The Morgan fingerprint density at radius 1 is 1.03 bits per heavy atom. The number of amides is 3. The topological polar surface area (TPSA) is 88.2 Å². The molecule has 3 fully saturated rings. The van der Waals surface area contributed by atoms with E-state index >= 15 is 0 Å². The number of ether oxygens (including phenoxy) is 2. The van der Waals surface area contributed by atoms with Gasteiger partial charge in [-0.3, -0.25) is 19.3 Å². The Balaban J connectivity index is 1.41. The van der Waals surface area contributed by atoms with Crippen molar-refractivity contribution in [1.82, 2.24) is 4.90 Å². The normalized spacial score (nSPS) is 30.8. The molecular formula is C24H18F3N3O5. The molecule has 2 aromatic rings. The van der Waals surface area contributed by atoms with E-state index in [1.165, 1.54) is 18.2 Å². The van der Waals surface area contributed by atoms with Crippen molar-refractivity contribution < 1.29 is 37.0 Å². The minimum Gasteiger partial charge on any atom is -0.454 e. The molecule has 11 heteroatoms. The van der Waals surface area contributed by atoms with Crippen LogP contribution in [0, 0.1) is 11.8 Å². The van der Waals surface area contributed by atoms with Crippen molar-refractivity contribution in [2.75, 3.05) is 23.6 Å². The number of anilines is 2. The van der Waals surface area contributed by atoms with Gasteiger partial charge in [-0.15, -0.1) is 0 Å². The number of carbonyl (C=O) groups is 3. The number of alkyl halides is 3. The zero-order chi connectivity index (χ0) is 24.3. The van der Waals surface area contributed by atoms with Gasteiger partial charge in [0.2, 0.25) is 24.5 Å². The molecule has 1 N–H and O–H groups in total. The highest BCUT2D eigenvalue weighted by molar-refractivity contribution is 6.26. The van der Waals surface area contributed by atoms with Gasteiger partial charge in [-0.05, 0) is 37.6 Å². The molecule has 0 aromatic heterocycles. The van der Waals surface area contributed by atoms with Crippen LogP contribution in [-0.2, 0) is 26.1 Å². The van der Waals surface area contributed by atoms with Gasteiger partial charge in [-0.2, -0.15) is 13.2 Å². The lowest BCUT2D eigenvalue weighted by Crippen LogP contribution is -2.54. The van der Waals surface area contributed by atoms with E-state index in [1.807, 2.05) is 0 Å². The molecule has 3 amide bonds. The Labute approximate surface area is 196 Å². The van der Waals surface area contributed by atoms with Crippen LogP contribution in [0.2, 0.25) is 0 Å². The molecule has 4 atom stereocenters. The number of carbonyl (C=O) groups excluding carboxylic acids is 3. The Morgan fingerprint density at radius 2 is 1.83 bits per heavy atom. The Bertz CT molecular complexity index is 1340. The summed E-state index contributed by atoms with van der Waals surface area (Å²) in [4.78, 5) is 44.1. The molecule has 180 valence electrons. The van der Waals surface area contributed by atoms with E-state index in [0.717, 1.165) is 11.0 Å². The van der Waals surface area contributed by atoms with E-state index in [1.54, 1.807) is 17.0 Å². The third-order valence-corrected chi connectivity index (χ3v) is 7.95. The lowest BCUT2D eigenvalue weighted by Gasteiger charge is -2.36. The molecule has 3 saturated heterocycles. The maximum Gasteiger partial charge on any atom is 0.418 e. The zero-order valence-corrected chi connectivity index (χ0v) is 18.1. The maximum atomic E-state index is 13.9. The molecule has 35 heavy (non-hydrogen) atoms. The van der Waals surface area contributed by atoms with Crippen molar-refractivity contribution >= 4 is 29.1 Å². The van der Waals surface area contributed by atoms with E-state index < -0.39 is 52.9 Å². The summed E-state index contributed by atoms with van der Waals surface area (Å²) in [6.07, 6.45) is -3.46. The van der Waals surface area contributed by atoms with Crippen LogP contribution >= 0.6 is 0 Å². The number of halogens is 3. The van der Waals surface area contributed by atoms with Gasteiger partial charge < -0.3 is 14.8 Å². The number of para-hydroxylation sites is 1. The molecule has 0 bridgehead atoms. The van der Waals surface area contributed by atoms with E-state index in [4.69, 9.17) is 9.47 Å². The average Bonchev–Trinajstić information content (AvgIpc) is 3.59. The van der Waals surface area contributed by atoms with Crippen LogP contribution in [0.4, 0.5) is 24.5 Å². The second-order valence-corrected chi connectivity index (χ2v) is 9.40.